The van der Waals surface area contributed by atoms with Crippen LogP contribution in [-0.2, 0) is 0 Å². The zero-order valence-corrected chi connectivity index (χ0v) is 9.67. The van der Waals surface area contributed by atoms with Gasteiger partial charge in [-0.15, -0.1) is 0 Å². The Morgan fingerprint density at radius 3 is 2.73 bits per heavy atom. The molecule has 0 aromatic carbocycles. The molecule has 1 aliphatic rings. The monoisotopic (exact) mass is 225 g/mol. The van der Waals surface area contributed by atoms with Crippen LogP contribution in [0.25, 0.3) is 0 Å². The van der Waals surface area contributed by atoms with Crippen molar-refractivity contribution in [2.75, 3.05) is 5.32 Å². The van der Waals surface area contributed by atoms with Gasteiger partial charge in [0.15, 0.2) is 11.0 Å². The van der Waals surface area contributed by atoms with E-state index in [1.807, 2.05) is 0 Å². The molecular weight excluding hydrogens is 210 g/mol. The van der Waals surface area contributed by atoms with Gasteiger partial charge in [-0.05, 0) is 18.8 Å². The summed E-state index contributed by atoms with van der Waals surface area (Å²) in [5, 5.41) is 3.86. The minimum atomic E-state index is 0.468. The average molecular weight is 226 g/mol. The predicted octanol–water partition coefficient (Wildman–Crippen LogP) is 3.12. The third-order valence-electron chi connectivity index (χ3n) is 3.09. The number of anilines is 1. The van der Waals surface area contributed by atoms with E-state index in [9.17, 15) is 0 Å². The number of nitrogens with zero attached hydrogens (tertiary/aromatic N) is 2. The summed E-state index contributed by atoms with van der Waals surface area (Å²) in [7, 11) is 0. The first-order valence-electron chi connectivity index (χ1n) is 5.50. The van der Waals surface area contributed by atoms with Crippen LogP contribution in [0.15, 0.2) is 12.4 Å². The van der Waals surface area contributed by atoms with Crippen molar-refractivity contribution in [2.24, 2.45) is 5.92 Å². The zero-order valence-electron chi connectivity index (χ0n) is 8.91. The maximum absolute atomic E-state index is 5.96. The van der Waals surface area contributed by atoms with Crippen LogP contribution in [-0.4, -0.2) is 16.0 Å². The van der Waals surface area contributed by atoms with E-state index in [-0.39, 0.29) is 0 Å². The highest BCUT2D eigenvalue weighted by Crippen LogP contribution is 2.27. The minimum absolute atomic E-state index is 0.468. The molecule has 3 nitrogen and oxygen atoms in total. The highest BCUT2D eigenvalue weighted by atomic mass is 35.5. The molecule has 0 saturated heterocycles. The van der Waals surface area contributed by atoms with Crippen molar-refractivity contribution < 1.29 is 0 Å². The Bertz CT molecular complexity index is 329. The van der Waals surface area contributed by atoms with Crippen molar-refractivity contribution in [1.82, 2.24) is 9.97 Å². The average Bonchev–Trinajstić information content (AvgIpc) is 2.24. The lowest BCUT2D eigenvalue weighted by Crippen LogP contribution is -2.30. The summed E-state index contributed by atoms with van der Waals surface area (Å²) in [6, 6.07) is 0.493. The Hall–Kier alpha value is -0.830. The van der Waals surface area contributed by atoms with Gasteiger partial charge >= 0.3 is 0 Å². The molecule has 2 atom stereocenters. The van der Waals surface area contributed by atoms with Gasteiger partial charge in [-0.2, -0.15) is 0 Å². The summed E-state index contributed by atoms with van der Waals surface area (Å²) in [6.07, 6.45) is 8.40. The Morgan fingerprint density at radius 2 is 2.00 bits per heavy atom. The Labute approximate surface area is 95.3 Å². The van der Waals surface area contributed by atoms with Crippen LogP contribution < -0.4 is 5.32 Å². The summed E-state index contributed by atoms with van der Waals surface area (Å²) in [4.78, 5) is 8.21. The van der Waals surface area contributed by atoms with Crippen LogP contribution in [0.5, 0.6) is 0 Å². The van der Waals surface area contributed by atoms with Gasteiger partial charge in [-0.25, -0.2) is 9.97 Å². The standard InChI is InChI=1S/C11H16ClN3/c1-8-4-2-3-5-9(8)15-11-10(12)13-6-7-14-11/h6-9H,2-5H2,1H3,(H,14,15). The van der Waals surface area contributed by atoms with Crippen molar-refractivity contribution in [3.63, 3.8) is 0 Å². The molecule has 0 aliphatic heterocycles. The number of halogens is 1. The molecule has 82 valence electrons. The molecule has 1 N–H and O–H groups in total. The topological polar surface area (TPSA) is 37.8 Å². The van der Waals surface area contributed by atoms with Crippen molar-refractivity contribution >= 4 is 17.4 Å². The molecule has 1 heterocycles. The predicted molar refractivity (Wildman–Crippen MR) is 62.1 cm³/mol. The smallest absolute Gasteiger partial charge is 0.171 e. The maximum atomic E-state index is 5.96. The van der Waals surface area contributed by atoms with E-state index in [1.54, 1.807) is 12.4 Å². The Balaban J connectivity index is 2.04. The fourth-order valence-corrected chi connectivity index (χ4v) is 2.28. The van der Waals surface area contributed by atoms with Crippen LogP contribution in [0.4, 0.5) is 5.82 Å². The molecule has 0 bridgehead atoms. The van der Waals surface area contributed by atoms with E-state index in [4.69, 9.17) is 11.6 Å². The van der Waals surface area contributed by atoms with E-state index in [0.29, 0.717) is 17.1 Å². The lowest BCUT2D eigenvalue weighted by molar-refractivity contribution is 0.349. The molecule has 2 rings (SSSR count). The molecule has 1 aromatic heterocycles. The van der Waals surface area contributed by atoms with E-state index in [0.717, 1.165) is 5.82 Å². The normalized spacial score (nSPS) is 26.3. The SMILES string of the molecule is CC1CCCCC1Nc1nccnc1Cl. The summed E-state index contributed by atoms with van der Waals surface area (Å²) >= 11 is 5.96. The number of nitrogens with one attached hydrogen (secondary N) is 1. The molecule has 0 amide bonds. The summed E-state index contributed by atoms with van der Waals surface area (Å²) in [5.41, 5.74) is 0. The number of hydrogen-bond donors (Lipinski definition) is 1. The molecule has 2 unspecified atom stereocenters. The van der Waals surface area contributed by atoms with Crippen molar-refractivity contribution in [3.05, 3.63) is 17.5 Å². The second kappa shape index (κ2) is 4.79. The molecule has 1 aromatic rings. The van der Waals surface area contributed by atoms with Gasteiger partial charge in [-0.1, -0.05) is 31.4 Å². The second-order valence-corrected chi connectivity index (χ2v) is 4.57. The highest BCUT2D eigenvalue weighted by molar-refractivity contribution is 6.31. The van der Waals surface area contributed by atoms with Crippen molar-refractivity contribution in [1.29, 1.82) is 0 Å². The van der Waals surface area contributed by atoms with Gasteiger partial charge < -0.3 is 5.32 Å². The van der Waals surface area contributed by atoms with Crippen LogP contribution >= 0.6 is 11.6 Å². The first-order chi connectivity index (χ1) is 7.27. The molecule has 4 heteroatoms. The second-order valence-electron chi connectivity index (χ2n) is 4.21. The van der Waals surface area contributed by atoms with E-state index < -0.39 is 0 Å². The van der Waals surface area contributed by atoms with Crippen LogP contribution in [0.3, 0.4) is 0 Å². The Morgan fingerprint density at radius 1 is 1.27 bits per heavy atom. The summed E-state index contributed by atoms with van der Waals surface area (Å²) < 4.78 is 0. The van der Waals surface area contributed by atoms with Crippen molar-refractivity contribution in [2.45, 2.75) is 38.6 Å². The van der Waals surface area contributed by atoms with Crippen molar-refractivity contribution in [3.8, 4) is 0 Å². The van der Waals surface area contributed by atoms with Gasteiger partial charge in [-0.3, -0.25) is 0 Å². The van der Waals surface area contributed by atoms with Gasteiger partial charge in [0.1, 0.15) is 0 Å². The van der Waals surface area contributed by atoms with Crippen LogP contribution in [0, 0.1) is 5.92 Å². The fraction of sp³-hybridized carbons (Fsp3) is 0.636. The quantitative estimate of drug-likeness (QED) is 0.841. The summed E-state index contributed by atoms with van der Waals surface area (Å²) in [5.74, 6) is 1.41. The van der Waals surface area contributed by atoms with E-state index in [1.165, 1.54) is 25.7 Å². The fourth-order valence-electron chi connectivity index (χ4n) is 2.12. The largest absolute Gasteiger partial charge is 0.365 e. The molecule has 1 aliphatic carbocycles. The molecule has 0 radical (unpaired) electrons. The zero-order chi connectivity index (χ0) is 10.7. The highest BCUT2D eigenvalue weighted by Gasteiger charge is 2.21. The number of hydrogen-bond acceptors (Lipinski definition) is 3. The maximum Gasteiger partial charge on any atom is 0.171 e. The molecule has 0 spiro atoms. The molecule has 15 heavy (non-hydrogen) atoms. The first kappa shape index (κ1) is 10.7. The van der Waals surface area contributed by atoms with Crippen LogP contribution in [0.1, 0.15) is 32.6 Å². The van der Waals surface area contributed by atoms with Gasteiger partial charge in [0.2, 0.25) is 0 Å². The molecule has 1 fully saturated rings. The summed E-state index contributed by atoms with van der Waals surface area (Å²) in [6.45, 7) is 2.28. The first-order valence-corrected chi connectivity index (χ1v) is 5.88. The van der Waals surface area contributed by atoms with E-state index in [2.05, 4.69) is 22.2 Å². The minimum Gasteiger partial charge on any atom is -0.365 e. The van der Waals surface area contributed by atoms with Gasteiger partial charge in [0, 0.05) is 18.4 Å². The third kappa shape index (κ3) is 2.59. The van der Waals surface area contributed by atoms with E-state index >= 15 is 0 Å². The van der Waals surface area contributed by atoms with Gasteiger partial charge in [0.25, 0.3) is 0 Å². The number of rotatable bonds is 2. The molecular formula is C11H16ClN3. The van der Waals surface area contributed by atoms with Crippen LogP contribution in [0.2, 0.25) is 5.15 Å². The lowest BCUT2D eigenvalue weighted by Gasteiger charge is -2.29. The number of aromatic nitrogens is 2. The lowest BCUT2D eigenvalue weighted by atomic mass is 9.86. The third-order valence-corrected chi connectivity index (χ3v) is 3.36. The molecule has 1 saturated carbocycles. The van der Waals surface area contributed by atoms with Gasteiger partial charge in [0.05, 0.1) is 0 Å². The Kier molecular flexibility index (Phi) is 3.41.